The van der Waals surface area contributed by atoms with Crippen molar-refractivity contribution in [1.29, 1.82) is 0 Å². The number of carbonyl (C=O) groups is 1. The number of rotatable bonds is 7. The molecule has 0 radical (unpaired) electrons. The van der Waals surface area contributed by atoms with Gasteiger partial charge in [0.05, 0.1) is 20.3 Å². The molecule has 0 heterocycles. The molecule has 2 rings (SSSR count). The summed E-state index contributed by atoms with van der Waals surface area (Å²) in [4.78, 5) is 14.8. The van der Waals surface area contributed by atoms with Crippen LogP contribution in [0.1, 0.15) is 22.0 Å². The van der Waals surface area contributed by atoms with Crippen LogP contribution in [0.3, 0.4) is 0 Å². The number of ether oxygens (including phenoxy) is 2. The van der Waals surface area contributed by atoms with Crippen LogP contribution < -0.4 is 14.8 Å². The van der Waals surface area contributed by atoms with Gasteiger partial charge in [-0.05, 0) is 31.8 Å². The lowest BCUT2D eigenvalue weighted by molar-refractivity contribution is 0.0929. The van der Waals surface area contributed by atoms with Crippen molar-refractivity contribution in [2.75, 3.05) is 34.9 Å². The molecule has 0 saturated carbocycles. The molecule has 5 heteroatoms. The van der Waals surface area contributed by atoms with Crippen LogP contribution in [0.15, 0.2) is 48.5 Å². The number of hydrogen-bond donors (Lipinski definition) is 1. The average Bonchev–Trinajstić information content (AvgIpc) is 2.60. The number of likely N-dealkylation sites (N-methyl/N-ethyl adjacent to an activating group) is 1. The van der Waals surface area contributed by atoms with Crippen LogP contribution in [0.25, 0.3) is 0 Å². The van der Waals surface area contributed by atoms with Gasteiger partial charge in [-0.15, -0.1) is 0 Å². The molecular weight excluding hydrogens is 304 g/mol. The van der Waals surface area contributed by atoms with Crippen molar-refractivity contribution in [3.8, 4) is 11.5 Å². The van der Waals surface area contributed by atoms with E-state index in [1.54, 1.807) is 32.4 Å². The SMILES string of the molecule is COc1cc(OC)cc(C(=O)N[C@@H](CN(C)C)c2ccccc2)c1. The predicted molar refractivity (Wildman–Crippen MR) is 94.7 cm³/mol. The number of nitrogens with one attached hydrogen (secondary N) is 1. The van der Waals surface area contributed by atoms with Crippen LogP contribution >= 0.6 is 0 Å². The van der Waals surface area contributed by atoms with E-state index in [9.17, 15) is 4.79 Å². The third kappa shape index (κ3) is 4.73. The Morgan fingerprint density at radius 3 is 2.12 bits per heavy atom. The van der Waals surface area contributed by atoms with Crippen molar-refractivity contribution in [3.05, 3.63) is 59.7 Å². The van der Waals surface area contributed by atoms with Crippen LogP contribution in [-0.4, -0.2) is 45.7 Å². The highest BCUT2D eigenvalue weighted by Crippen LogP contribution is 2.23. The monoisotopic (exact) mass is 328 g/mol. The summed E-state index contributed by atoms with van der Waals surface area (Å²) >= 11 is 0. The van der Waals surface area contributed by atoms with Crippen molar-refractivity contribution < 1.29 is 14.3 Å². The van der Waals surface area contributed by atoms with E-state index in [1.807, 2.05) is 49.3 Å². The highest BCUT2D eigenvalue weighted by molar-refractivity contribution is 5.95. The van der Waals surface area contributed by atoms with Gasteiger partial charge < -0.3 is 19.7 Å². The van der Waals surface area contributed by atoms with E-state index in [0.717, 1.165) is 5.56 Å². The Hall–Kier alpha value is -2.53. The molecule has 0 aliphatic rings. The maximum Gasteiger partial charge on any atom is 0.252 e. The Morgan fingerprint density at radius 2 is 1.62 bits per heavy atom. The van der Waals surface area contributed by atoms with E-state index in [4.69, 9.17) is 9.47 Å². The molecule has 1 amide bonds. The fraction of sp³-hybridized carbons (Fsp3) is 0.316. The summed E-state index contributed by atoms with van der Waals surface area (Å²) in [6.07, 6.45) is 0. The molecule has 2 aromatic rings. The normalized spacial score (nSPS) is 11.9. The minimum Gasteiger partial charge on any atom is -0.497 e. The number of methoxy groups -OCH3 is 2. The lowest BCUT2D eigenvalue weighted by Crippen LogP contribution is -2.35. The summed E-state index contributed by atoms with van der Waals surface area (Å²) < 4.78 is 10.5. The Kier molecular flexibility index (Phi) is 6.21. The van der Waals surface area contributed by atoms with Crippen molar-refractivity contribution in [2.45, 2.75) is 6.04 Å². The minimum absolute atomic E-state index is 0.106. The van der Waals surface area contributed by atoms with Crippen molar-refractivity contribution in [2.24, 2.45) is 0 Å². The molecule has 0 unspecified atom stereocenters. The fourth-order valence-corrected chi connectivity index (χ4v) is 2.46. The van der Waals surface area contributed by atoms with Crippen molar-refractivity contribution >= 4 is 5.91 Å². The van der Waals surface area contributed by atoms with E-state index >= 15 is 0 Å². The standard InChI is InChI=1S/C19H24N2O3/c1-21(2)13-18(14-8-6-5-7-9-14)20-19(22)15-10-16(23-3)12-17(11-15)24-4/h5-12,18H,13H2,1-4H3,(H,20,22)/t18-/m0/s1. The zero-order valence-corrected chi connectivity index (χ0v) is 14.6. The second kappa shape index (κ2) is 8.36. The molecule has 5 nitrogen and oxygen atoms in total. The third-order valence-electron chi connectivity index (χ3n) is 3.67. The first-order chi connectivity index (χ1) is 11.5. The van der Waals surface area contributed by atoms with Gasteiger partial charge in [0.1, 0.15) is 11.5 Å². The molecule has 2 aromatic carbocycles. The van der Waals surface area contributed by atoms with Gasteiger partial charge in [-0.1, -0.05) is 30.3 Å². The molecule has 24 heavy (non-hydrogen) atoms. The highest BCUT2D eigenvalue weighted by atomic mass is 16.5. The van der Waals surface area contributed by atoms with Gasteiger partial charge in [-0.3, -0.25) is 4.79 Å². The largest absolute Gasteiger partial charge is 0.497 e. The number of amides is 1. The zero-order valence-electron chi connectivity index (χ0n) is 14.6. The topological polar surface area (TPSA) is 50.8 Å². The van der Waals surface area contributed by atoms with Gasteiger partial charge in [0.2, 0.25) is 0 Å². The summed E-state index contributed by atoms with van der Waals surface area (Å²) in [5, 5.41) is 3.09. The second-order valence-corrected chi connectivity index (χ2v) is 5.80. The molecule has 0 spiro atoms. The molecule has 1 atom stereocenters. The Bertz CT molecular complexity index is 649. The molecule has 128 valence electrons. The van der Waals surface area contributed by atoms with Gasteiger partial charge in [-0.2, -0.15) is 0 Å². The Labute approximate surface area is 143 Å². The summed E-state index contributed by atoms with van der Waals surface area (Å²) in [6, 6.07) is 15.0. The van der Waals surface area contributed by atoms with E-state index in [2.05, 4.69) is 5.32 Å². The Balaban J connectivity index is 2.24. The fourth-order valence-electron chi connectivity index (χ4n) is 2.46. The molecule has 0 aliphatic carbocycles. The van der Waals surface area contributed by atoms with E-state index in [1.165, 1.54) is 0 Å². The van der Waals surface area contributed by atoms with Crippen LogP contribution in [-0.2, 0) is 0 Å². The summed E-state index contributed by atoms with van der Waals surface area (Å²) in [7, 11) is 7.10. The Morgan fingerprint density at radius 1 is 1.04 bits per heavy atom. The highest BCUT2D eigenvalue weighted by Gasteiger charge is 2.17. The van der Waals surface area contributed by atoms with Crippen LogP contribution in [0.4, 0.5) is 0 Å². The van der Waals surface area contributed by atoms with Gasteiger partial charge >= 0.3 is 0 Å². The smallest absolute Gasteiger partial charge is 0.252 e. The predicted octanol–water partition coefficient (Wildman–Crippen LogP) is 2.74. The van der Waals surface area contributed by atoms with E-state index in [0.29, 0.717) is 23.6 Å². The quantitative estimate of drug-likeness (QED) is 0.849. The first-order valence-corrected chi connectivity index (χ1v) is 7.77. The van der Waals surface area contributed by atoms with Crippen molar-refractivity contribution in [3.63, 3.8) is 0 Å². The van der Waals surface area contributed by atoms with Gasteiger partial charge in [-0.25, -0.2) is 0 Å². The average molecular weight is 328 g/mol. The van der Waals surface area contributed by atoms with Gasteiger partial charge in [0, 0.05) is 18.2 Å². The van der Waals surface area contributed by atoms with Crippen LogP contribution in [0.2, 0.25) is 0 Å². The van der Waals surface area contributed by atoms with Gasteiger partial charge in [0.15, 0.2) is 0 Å². The maximum atomic E-state index is 12.7. The minimum atomic E-state index is -0.164. The summed E-state index contributed by atoms with van der Waals surface area (Å²) in [6.45, 7) is 0.705. The maximum absolute atomic E-state index is 12.7. The number of nitrogens with zero attached hydrogens (tertiary/aromatic N) is 1. The van der Waals surface area contributed by atoms with Gasteiger partial charge in [0.25, 0.3) is 5.91 Å². The lowest BCUT2D eigenvalue weighted by Gasteiger charge is -2.23. The molecule has 0 aromatic heterocycles. The number of carbonyl (C=O) groups excluding carboxylic acids is 1. The third-order valence-corrected chi connectivity index (χ3v) is 3.67. The molecule has 1 N–H and O–H groups in total. The number of hydrogen-bond acceptors (Lipinski definition) is 4. The molecule has 0 bridgehead atoms. The molecule has 0 fully saturated rings. The first-order valence-electron chi connectivity index (χ1n) is 7.77. The van der Waals surface area contributed by atoms with Crippen LogP contribution in [0, 0.1) is 0 Å². The summed E-state index contributed by atoms with van der Waals surface area (Å²) in [5.74, 6) is 1.01. The van der Waals surface area contributed by atoms with E-state index in [-0.39, 0.29) is 11.9 Å². The lowest BCUT2D eigenvalue weighted by atomic mass is 10.1. The van der Waals surface area contributed by atoms with Crippen LogP contribution in [0.5, 0.6) is 11.5 Å². The van der Waals surface area contributed by atoms with E-state index < -0.39 is 0 Å². The zero-order chi connectivity index (χ0) is 17.5. The number of benzene rings is 2. The first kappa shape index (κ1) is 17.8. The molecule has 0 saturated heterocycles. The second-order valence-electron chi connectivity index (χ2n) is 5.80. The van der Waals surface area contributed by atoms with Crippen molar-refractivity contribution in [1.82, 2.24) is 10.2 Å². The summed E-state index contributed by atoms with van der Waals surface area (Å²) in [5.41, 5.74) is 1.57. The molecular formula is C19H24N2O3. The molecule has 0 aliphatic heterocycles.